The van der Waals surface area contributed by atoms with Gasteiger partial charge in [0.05, 0.1) is 40.4 Å². The molecular weight excluding hydrogens is 656 g/mol. The van der Waals surface area contributed by atoms with Crippen molar-refractivity contribution >= 4 is 61.2 Å². The van der Waals surface area contributed by atoms with Gasteiger partial charge in [0.25, 0.3) is 0 Å². The highest BCUT2D eigenvalue weighted by atomic mass is 79.9. The van der Waals surface area contributed by atoms with E-state index in [0.29, 0.717) is 46.0 Å². The number of anilines is 1. The maximum Gasteiger partial charge on any atom is 0.241 e. The second kappa shape index (κ2) is 10.1. The number of hydrogen-bond acceptors (Lipinski definition) is 6. The molecule has 1 N–H and O–H groups in total. The fourth-order valence-electron chi connectivity index (χ4n) is 7.67. The molecule has 2 aliphatic carbocycles. The summed E-state index contributed by atoms with van der Waals surface area (Å²) in [5.74, 6) is -3.67. The number of ether oxygens (including phenoxy) is 1. The van der Waals surface area contributed by atoms with Crippen molar-refractivity contribution in [2.24, 2.45) is 29.1 Å². The number of allylic oxidation sites excluding steroid dienone is 2. The number of fused-ring (bicyclic) bond motifs is 4. The number of likely N-dealkylation sites (tertiary alicyclic amines) is 1. The molecule has 2 aliphatic heterocycles. The van der Waals surface area contributed by atoms with Crippen LogP contribution in [-0.4, -0.2) is 47.3 Å². The number of hydrogen-bond donors (Lipinski definition) is 1. The highest BCUT2D eigenvalue weighted by molar-refractivity contribution is 9.13. The summed E-state index contributed by atoms with van der Waals surface area (Å²) in [7, 11) is 1.45. The van der Waals surface area contributed by atoms with Gasteiger partial charge < -0.3 is 9.84 Å². The van der Waals surface area contributed by atoms with Gasteiger partial charge in [-0.1, -0.05) is 36.8 Å². The number of para-hydroxylation sites is 1. The molecule has 4 aliphatic rings. The van der Waals surface area contributed by atoms with Gasteiger partial charge in [-0.3, -0.25) is 24.1 Å². The van der Waals surface area contributed by atoms with Gasteiger partial charge >= 0.3 is 0 Å². The van der Waals surface area contributed by atoms with Gasteiger partial charge in [0.15, 0.2) is 11.5 Å². The van der Waals surface area contributed by atoms with Gasteiger partial charge in [0.2, 0.25) is 23.6 Å². The van der Waals surface area contributed by atoms with Crippen LogP contribution in [0.15, 0.2) is 57.0 Å². The number of benzene rings is 2. The summed E-state index contributed by atoms with van der Waals surface area (Å²) < 4.78 is 6.38. The van der Waals surface area contributed by atoms with E-state index in [9.17, 15) is 24.3 Å². The Bertz CT molecular complexity index is 1520. The molecule has 10 heteroatoms. The zero-order valence-electron chi connectivity index (χ0n) is 22.9. The molecule has 2 aromatic rings. The first-order chi connectivity index (χ1) is 19.6. The Morgan fingerprint density at radius 3 is 2.39 bits per heavy atom. The highest BCUT2D eigenvalue weighted by Gasteiger charge is 2.67. The van der Waals surface area contributed by atoms with Gasteiger partial charge in [-0.25, -0.2) is 4.90 Å². The first-order valence-electron chi connectivity index (χ1n) is 13.8. The molecule has 0 unspecified atom stereocenters. The number of carbonyl (C=O) groups is 4. The summed E-state index contributed by atoms with van der Waals surface area (Å²) in [6.07, 6.45) is 3.36. The lowest BCUT2D eigenvalue weighted by Crippen LogP contribution is -2.49. The number of phenols is 1. The number of aromatic hydroxyl groups is 1. The van der Waals surface area contributed by atoms with Crippen LogP contribution in [0.25, 0.3) is 0 Å². The first-order valence-corrected chi connectivity index (χ1v) is 15.4. The van der Waals surface area contributed by atoms with Crippen LogP contribution < -0.4 is 9.64 Å². The third-order valence-corrected chi connectivity index (χ3v) is 11.7. The monoisotopic (exact) mass is 684 g/mol. The van der Waals surface area contributed by atoms with Gasteiger partial charge in [-0.2, -0.15) is 0 Å². The van der Waals surface area contributed by atoms with Crippen LogP contribution in [0.1, 0.15) is 44.6 Å². The number of rotatable bonds is 5. The molecule has 1 saturated carbocycles. The van der Waals surface area contributed by atoms with E-state index in [2.05, 4.69) is 31.9 Å². The van der Waals surface area contributed by atoms with E-state index in [-0.39, 0.29) is 35.1 Å². The van der Waals surface area contributed by atoms with E-state index in [1.807, 2.05) is 26.0 Å². The molecule has 41 heavy (non-hydrogen) atoms. The maximum atomic E-state index is 14.5. The Balaban J connectivity index is 1.57. The van der Waals surface area contributed by atoms with Crippen molar-refractivity contribution in [3.8, 4) is 11.5 Å². The lowest BCUT2D eigenvalue weighted by Gasteiger charge is -2.49. The molecule has 2 aromatic carbocycles. The standard InChI is InChI=1S/C31H30Br2N2O6/c1-4-12-34-27(37)17-11-10-16-18(22(17)29(34)39)13-20-28(38)35(15-8-6-5-7-9-15)30(40)31(20,2)23(16)19-14-21(41-3)26(36)25(33)24(19)32/h5-10,14,17-18,20,22-23,36H,4,11-13H2,1-3H3/t17-,18+,20-,22-,23+,31+/m0/s1. The molecule has 0 bridgehead atoms. The van der Waals surface area contributed by atoms with E-state index >= 15 is 0 Å². The van der Waals surface area contributed by atoms with Crippen molar-refractivity contribution in [2.45, 2.75) is 39.0 Å². The fourth-order valence-corrected chi connectivity index (χ4v) is 8.62. The molecule has 8 nitrogen and oxygen atoms in total. The number of phenolic OH excluding ortho intramolecular Hbond substituents is 1. The summed E-state index contributed by atoms with van der Waals surface area (Å²) in [5.41, 5.74) is 0.838. The van der Waals surface area contributed by atoms with Gasteiger partial charge in [-0.05, 0) is 87.7 Å². The van der Waals surface area contributed by atoms with Crippen LogP contribution in [-0.2, 0) is 19.2 Å². The number of halogens is 2. The molecule has 3 fully saturated rings. The van der Waals surface area contributed by atoms with Crippen LogP contribution >= 0.6 is 31.9 Å². The molecule has 2 saturated heterocycles. The predicted octanol–water partition coefficient (Wildman–Crippen LogP) is 5.57. The summed E-state index contributed by atoms with van der Waals surface area (Å²) >= 11 is 7.11. The van der Waals surface area contributed by atoms with Gasteiger partial charge in [0, 0.05) is 16.9 Å². The first kappa shape index (κ1) is 28.2. The zero-order chi connectivity index (χ0) is 29.4. The number of carbonyl (C=O) groups excluding carboxylic acids is 4. The molecule has 214 valence electrons. The van der Waals surface area contributed by atoms with Gasteiger partial charge in [0.1, 0.15) is 0 Å². The molecule has 0 aromatic heterocycles. The SMILES string of the molecule is CCCN1C(=O)[C@H]2[C@H](CC=C3[C@H]2C[C@H]2C(=O)N(c4ccccc4)C(=O)[C@@]2(C)[C@H]3c2cc(OC)c(O)c(Br)c2Br)C1=O. The minimum atomic E-state index is -1.19. The van der Waals surface area contributed by atoms with Crippen LogP contribution in [0.2, 0.25) is 0 Å². The van der Waals surface area contributed by atoms with E-state index in [0.717, 1.165) is 5.57 Å². The van der Waals surface area contributed by atoms with E-state index in [1.165, 1.54) is 16.9 Å². The number of methoxy groups -OCH3 is 1. The second-order valence-corrected chi connectivity index (χ2v) is 13.1. The van der Waals surface area contributed by atoms with Crippen LogP contribution in [0.3, 0.4) is 0 Å². The normalized spacial score (nSPS) is 30.8. The number of amides is 4. The minimum absolute atomic E-state index is 0.0959. The largest absolute Gasteiger partial charge is 0.503 e. The smallest absolute Gasteiger partial charge is 0.241 e. The molecule has 6 atom stereocenters. The van der Waals surface area contributed by atoms with Crippen LogP contribution in [0, 0.1) is 29.1 Å². The van der Waals surface area contributed by atoms with Crippen molar-refractivity contribution in [3.63, 3.8) is 0 Å². The molecule has 0 spiro atoms. The van der Waals surface area contributed by atoms with Crippen molar-refractivity contribution in [2.75, 3.05) is 18.6 Å². The van der Waals surface area contributed by atoms with Crippen molar-refractivity contribution in [3.05, 3.63) is 62.6 Å². The fraction of sp³-hybridized carbons (Fsp3) is 0.419. The Morgan fingerprint density at radius 2 is 1.73 bits per heavy atom. The van der Waals surface area contributed by atoms with E-state index < -0.39 is 35.0 Å². The molecule has 6 rings (SSSR count). The van der Waals surface area contributed by atoms with Gasteiger partial charge in [-0.15, -0.1) is 0 Å². The average Bonchev–Trinajstić information content (AvgIpc) is 3.33. The quantitative estimate of drug-likeness (QED) is 0.326. The Labute approximate surface area is 255 Å². The Kier molecular flexibility index (Phi) is 6.92. The molecule has 4 amide bonds. The van der Waals surface area contributed by atoms with Crippen molar-refractivity contribution in [1.82, 2.24) is 4.90 Å². The van der Waals surface area contributed by atoms with E-state index in [4.69, 9.17) is 4.74 Å². The zero-order valence-corrected chi connectivity index (χ0v) is 26.1. The summed E-state index contributed by atoms with van der Waals surface area (Å²) in [6, 6.07) is 10.6. The molecule has 2 heterocycles. The summed E-state index contributed by atoms with van der Waals surface area (Å²) in [6.45, 7) is 4.13. The lowest BCUT2D eigenvalue weighted by atomic mass is 9.51. The third kappa shape index (κ3) is 3.82. The topological polar surface area (TPSA) is 104 Å². The second-order valence-electron chi connectivity index (χ2n) is 11.5. The average molecular weight is 686 g/mol. The number of imide groups is 2. The minimum Gasteiger partial charge on any atom is -0.503 e. The van der Waals surface area contributed by atoms with Crippen molar-refractivity contribution in [1.29, 1.82) is 0 Å². The molecule has 0 radical (unpaired) electrons. The van der Waals surface area contributed by atoms with Crippen LogP contribution in [0.4, 0.5) is 5.69 Å². The third-order valence-electron chi connectivity index (χ3n) is 9.53. The lowest BCUT2D eigenvalue weighted by molar-refractivity contribution is -0.140. The number of nitrogens with zero attached hydrogens (tertiary/aromatic N) is 2. The predicted molar refractivity (Wildman–Crippen MR) is 158 cm³/mol. The van der Waals surface area contributed by atoms with E-state index in [1.54, 1.807) is 30.3 Å². The Morgan fingerprint density at radius 1 is 1.02 bits per heavy atom. The molecular formula is C31H30Br2N2O6. The highest BCUT2D eigenvalue weighted by Crippen LogP contribution is 2.65. The van der Waals surface area contributed by atoms with Crippen LogP contribution in [0.5, 0.6) is 11.5 Å². The van der Waals surface area contributed by atoms with Crippen molar-refractivity contribution < 1.29 is 29.0 Å². The summed E-state index contributed by atoms with van der Waals surface area (Å²) in [4.78, 5) is 58.4. The summed E-state index contributed by atoms with van der Waals surface area (Å²) in [5, 5.41) is 10.7. The Hall–Kier alpha value is -2.98. The maximum absolute atomic E-state index is 14.5.